The Morgan fingerprint density at radius 2 is 1.92 bits per heavy atom. The molecule has 7 nitrogen and oxygen atoms in total. The summed E-state index contributed by atoms with van der Waals surface area (Å²) in [6.07, 6.45) is 2.55. The van der Waals surface area contributed by atoms with Crippen molar-refractivity contribution in [2.45, 2.75) is 50.2 Å². The molecular formula is C28H30F3N3O4. The van der Waals surface area contributed by atoms with Crippen LogP contribution in [-0.4, -0.2) is 57.3 Å². The Labute approximate surface area is 218 Å². The van der Waals surface area contributed by atoms with Crippen LogP contribution in [0.2, 0.25) is 0 Å². The number of aliphatic carboxylic acids is 1. The molecule has 3 heterocycles. The van der Waals surface area contributed by atoms with Crippen molar-refractivity contribution < 1.29 is 32.9 Å². The number of carbonyl (C=O) groups is 1. The van der Waals surface area contributed by atoms with E-state index in [1.807, 2.05) is 0 Å². The molecule has 3 atom stereocenters. The fourth-order valence-electron chi connectivity index (χ4n) is 5.94. The molecule has 2 aliphatic rings. The molecule has 0 amide bonds. The minimum Gasteiger partial charge on any atom is -0.481 e. The molecule has 1 unspecified atom stereocenters. The highest BCUT2D eigenvalue weighted by Gasteiger charge is 2.41. The summed E-state index contributed by atoms with van der Waals surface area (Å²) >= 11 is 0. The van der Waals surface area contributed by atoms with Crippen LogP contribution in [0.5, 0.6) is 5.88 Å². The largest absolute Gasteiger partial charge is 0.481 e. The monoisotopic (exact) mass is 529 g/mol. The van der Waals surface area contributed by atoms with Crippen molar-refractivity contribution in [3.63, 3.8) is 0 Å². The Kier molecular flexibility index (Phi) is 7.54. The fraction of sp³-hybridized carbons (Fsp3) is 0.464. The van der Waals surface area contributed by atoms with Crippen LogP contribution in [0.15, 0.2) is 36.5 Å². The number of ether oxygens (including phenoxy) is 1. The lowest BCUT2D eigenvalue weighted by molar-refractivity contribution is -0.147. The van der Waals surface area contributed by atoms with Crippen molar-refractivity contribution in [1.82, 2.24) is 14.9 Å². The van der Waals surface area contributed by atoms with E-state index in [0.29, 0.717) is 37.0 Å². The van der Waals surface area contributed by atoms with E-state index in [0.717, 1.165) is 25.1 Å². The van der Waals surface area contributed by atoms with Gasteiger partial charge in [-0.15, -0.1) is 0 Å². The lowest BCUT2D eigenvalue weighted by atomic mass is 9.73. The number of nitrogens with zero attached hydrogens (tertiary/aromatic N) is 3. The summed E-state index contributed by atoms with van der Waals surface area (Å²) in [7, 11) is 1.44. The van der Waals surface area contributed by atoms with E-state index < -0.39 is 35.4 Å². The first kappa shape index (κ1) is 26.4. The number of aliphatic hydroxyl groups is 1. The highest BCUT2D eigenvalue weighted by Crippen LogP contribution is 2.43. The van der Waals surface area contributed by atoms with Gasteiger partial charge in [0.2, 0.25) is 5.88 Å². The third kappa shape index (κ3) is 5.33. The summed E-state index contributed by atoms with van der Waals surface area (Å²) in [5.41, 5.74) is 1.32. The summed E-state index contributed by atoms with van der Waals surface area (Å²) < 4.78 is 47.0. The first-order chi connectivity index (χ1) is 18.2. The van der Waals surface area contributed by atoms with Crippen LogP contribution < -0.4 is 4.74 Å². The van der Waals surface area contributed by atoms with Gasteiger partial charge < -0.3 is 14.9 Å². The lowest BCUT2D eigenvalue weighted by Crippen LogP contribution is -2.52. The number of halogens is 3. The number of benzene rings is 1. The van der Waals surface area contributed by atoms with Crippen molar-refractivity contribution >= 4 is 17.0 Å². The van der Waals surface area contributed by atoms with Crippen molar-refractivity contribution in [2.75, 3.05) is 20.2 Å². The Morgan fingerprint density at radius 1 is 1.18 bits per heavy atom. The van der Waals surface area contributed by atoms with E-state index >= 15 is 0 Å². The zero-order valence-electron chi connectivity index (χ0n) is 21.0. The number of fused-ring (bicyclic) bond motifs is 1. The molecule has 38 heavy (non-hydrogen) atoms. The number of piperidine rings is 1. The van der Waals surface area contributed by atoms with Crippen LogP contribution in [0.4, 0.5) is 13.2 Å². The van der Waals surface area contributed by atoms with Crippen LogP contribution in [0.3, 0.4) is 0 Å². The molecule has 2 fully saturated rings. The Morgan fingerprint density at radius 3 is 2.61 bits per heavy atom. The summed E-state index contributed by atoms with van der Waals surface area (Å²) in [4.78, 5) is 22.6. The van der Waals surface area contributed by atoms with Gasteiger partial charge in [-0.25, -0.2) is 18.2 Å². The molecule has 1 saturated carbocycles. The number of carboxylic acid groups (broad SMARTS) is 1. The van der Waals surface area contributed by atoms with Gasteiger partial charge in [-0.05, 0) is 74.2 Å². The number of rotatable bonds is 8. The average molecular weight is 530 g/mol. The molecule has 202 valence electrons. The molecule has 2 N–H and O–H groups in total. The number of pyridine rings is 2. The molecule has 0 spiro atoms. The fourth-order valence-corrected chi connectivity index (χ4v) is 5.94. The molecule has 1 aliphatic carbocycles. The Balaban J connectivity index is 1.22. The van der Waals surface area contributed by atoms with Crippen LogP contribution in [0.25, 0.3) is 11.0 Å². The number of methoxy groups -OCH3 is 1. The van der Waals surface area contributed by atoms with Gasteiger partial charge >= 0.3 is 5.97 Å². The molecule has 0 radical (unpaired) electrons. The second kappa shape index (κ2) is 10.9. The van der Waals surface area contributed by atoms with E-state index in [1.165, 1.54) is 19.2 Å². The Hall–Kier alpha value is -3.24. The number of hydrogen-bond donors (Lipinski definition) is 2. The maximum absolute atomic E-state index is 14.7. The molecule has 0 bridgehead atoms. The van der Waals surface area contributed by atoms with Crippen LogP contribution in [0, 0.1) is 29.3 Å². The Bertz CT molecular complexity index is 1310. The highest BCUT2D eigenvalue weighted by atomic mass is 19.1. The van der Waals surface area contributed by atoms with Gasteiger partial charge in [0, 0.05) is 30.3 Å². The zero-order chi connectivity index (χ0) is 27.0. The topological polar surface area (TPSA) is 95.8 Å². The number of likely N-dealkylation sites (tertiary alicyclic amines) is 1. The SMILES string of the molecule is COc1ccc2ncc(F)c(C(O)CC[C@@H]3CCN(C4CC(c5cc(F)cc(F)c5)C4)C[C@@H]3C(=O)O)c2n1. The molecule has 10 heteroatoms. The van der Waals surface area contributed by atoms with Gasteiger partial charge in [-0.3, -0.25) is 14.7 Å². The molecule has 1 aromatic carbocycles. The number of carboxylic acids is 1. The van der Waals surface area contributed by atoms with E-state index in [9.17, 15) is 28.2 Å². The molecule has 1 saturated heterocycles. The summed E-state index contributed by atoms with van der Waals surface area (Å²) in [6, 6.07) is 7.00. The van der Waals surface area contributed by atoms with Gasteiger partial charge in [0.15, 0.2) is 0 Å². The van der Waals surface area contributed by atoms with E-state index in [2.05, 4.69) is 14.9 Å². The van der Waals surface area contributed by atoms with Gasteiger partial charge in [0.1, 0.15) is 23.0 Å². The number of hydrogen-bond acceptors (Lipinski definition) is 6. The first-order valence-electron chi connectivity index (χ1n) is 12.8. The quantitative estimate of drug-likeness (QED) is 0.431. The van der Waals surface area contributed by atoms with Crippen molar-refractivity contribution in [1.29, 1.82) is 0 Å². The summed E-state index contributed by atoms with van der Waals surface area (Å²) in [5, 5.41) is 20.9. The third-order valence-corrected chi connectivity index (χ3v) is 8.12. The standard InChI is InChI=1S/C28H30F3N3O4/c1-38-25-5-3-23-27(33-25)26(22(31)13-32-23)24(35)4-2-15-6-7-34(14-21(15)28(36)37)20-10-17(11-20)16-8-18(29)12-19(30)9-16/h3,5,8-9,12-13,15,17,20-21,24,35H,2,4,6-7,10-11,14H2,1H3,(H,36,37)/t15-,17?,20?,21+,24?/m1/s1. The van der Waals surface area contributed by atoms with E-state index in [4.69, 9.17) is 4.74 Å². The second-order valence-electron chi connectivity index (χ2n) is 10.3. The number of aliphatic hydroxyl groups excluding tert-OH is 1. The maximum atomic E-state index is 14.7. The third-order valence-electron chi connectivity index (χ3n) is 8.12. The van der Waals surface area contributed by atoms with Gasteiger partial charge in [0.25, 0.3) is 0 Å². The van der Waals surface area contributed by atoms with Crippen LogP contribution in [-0.2, 0) is 4.79 Å². The predicted molar refractivity (Wildman–Crippen MR) is 133 cm³/mol. The lowest BCUT2D eigenvalue weighted by Gasteiger charge is -2.47. The maximum Gasteiger partial charge on any atom is 0.308 e. The molecule has 5 rings (SSSR count). The van der Waals surface area contributed by atoms with Gasteiger partial charge in [-0.1, -0.05) is 0 Å². The molecular weight excluding hydrogens is 499 g/mol. The zero-order valence-corrected chi connectivity index (χ0v) is 21.0. The summed E-state index contributed by atoms with van der Waals surface area (Å²) in [5.74, 6) is -3.23. The minimum atomic E-state index is -1.17. The predicted octanol–water partition coefficient (Wildman–Crippen LogP) is 4.84. The van der Waals surface area contributed by atoms with Gasteiger partial charge in [0.05, 0.1) is 30.8 Å². The molecule has 3 aromatic rings. The van der Waals surface area contributed by atoms with Crippen molar-refractivity contribution in [3.8, 4) is 5.88 Å². The number of aromatic nitrogens is 2. The highest BCUT2D eigenvalue weighted by molar-refractivity contribution is 5.78. The average Bonchev–Trinajstić information content (AvgIpc) is 2.85. The van der Waals surface area contributed by atoms with Crippen molar-refractivity contribution in [3.05, 3.63) is 65.1 Å². The van der Waals surface area contributed by atoms with Crippen LogP contribution in [0.1, 0.15) is 55.3 Å². The smallest absolute Gasteiger partial charge is 0.308 e. The van der Waals surface area contributed by atoms with E-state index in [-0.39, 0.29) is 41.3 Å². The van der Waals surface area contributed by atoms with Crippen LogP contribution >= 0.6 is 0 Å². The van der Waals surface area contributed by atoms with E-state index in [1.54, 1.807) is 12.1 Å². The summed E-state index contributed by atoms with van der Waals surface area (Å²) in [6.45, 7) is 1.07. The van der Waals surface area contributed by atoms with Crippen molar-refractivity contribution in [2.24, 2.45) is 11.8 Å². The normalized spacial score (nSPS) is 24.7. The molecule has 2 aromatic heterocycles. The minimum absolute atomic E-state index is 0.0347. The first-order valence-corrected chi connectivity index (χ1v) is 12.8. The van der Waals surface area contributed by atoms with Gasteiger partial charge in [-0.2, -0.15) is 0 Å². The second-order valence-corrected chi connectivity index (χ2v) is 10.3. The molecule has 1 aliphatic heterocycles.